The van der Waals surface area contributed by atoms with Gasteiger partial charge in [-0.15, -0.1) is 0 Å². The minimum absolute atomic E-state index is 0.461. The predicted molar refractivity (Wildman–Crippen MR) is 61.6 cm³/mol. The summed E-state index contributed by atoms with van der Waals surface area (Å²) in [5.41, 5.74) is 5.86. The lowest BCUT2D eigenvalue weighted by atomic mass is 10.3. The Labute approximate surface area is 88.5 Å². The van der Waals surface area contributed by atoms with Crippen LogP contribution in [0.25, 0.3) is 10.9 Å². The molecule has 0 saturated heterocycles. The van der Waals surface area contributed by atoms with E-state index in [9.17, 15) is 4.79 Å². The standard InChI is InChI=1S/C8H7N.C3H8N2O/c1-2-4-8-7(3-1)5-6-9-8;1-2-5-3(4)6/h1-6,9H;2H2,1H3,(H3,4,5,6). The van der Waals surface area contributed by atoms with Gasteiger partial charge in [-0.05, 0) is 24.4 Å². The normalized spacial score (nSPS) is 9.13. The highest BCUT2D eigenvalue weighted by Gasteiger charge is 1.86. The monoisotopic (exact) mass is 205 g/mol. The molecule has 2 rings (SSSR count). The molecule has 0 unspecified atom stereocenters. The van der Waals surface area contributed by atoms with Crippen LogP contribution < -0.4 is 11.1 Å². The number of para-hydroxylation sites is 1. The maximum atomic E-state index is 9.71. The lowest BCUT2D eigenvalue weighted by Gasteiger charge is -1.88. The molecule has 1 aromatic heterocycles. The minimum Gasteiger partial charge on any atom is -0.361 e. The number of primary amides is 1. The van der Waals surface area contributed by atoms with Crippen LogP contribution >= 0.6 is 0 Å². The zero-order chi connectivity index (χ0) is 11.1. The molecule has 1 heterocycles. The smallest absolute Gasteiger partial charge is 0.312 e. The van der Waals surface area contributed by atoms with Crippen molar-refractivity contribution in [2.75, 3.05) is 6.54 Å². The highest BCUT2D eigenvalue weighted by molar-refractivity contribution is 5.78. The first-order chi connectivity index (χ1) is 7.24. The molecule has 80 valence electrons. The van der Waals surface area contributed by atoms with Gasteiger partial charge in [-0.2, -0.15) is 0 Å². The van der Waals surface area contributed by atoms with Gasteiger partial charge in [0.15, 0.2) is 0 Å². The molecule has 1 aromatic carbocycles. The van der Waals surface area contributed by atoms with E-state index in [-0.39, 0.29) is 0 Å². The number of nitrogens with two attached hydrogens (primary N) is 1. The average molecular weight is 205 g/mol. The Morgan fingerprint density at radius 3 is 2.67 bits per heavy atom. The van der Waals surface area contributed by atoms with Crippen LogP contribution in [-0.4, -0.2) is 17.6 Å². The third kappa shape index (κ3) is 3.72. The summed E-state index contributed by atoms with van der Waals surface area (Å²) >= 11 is 0. The molecule has 0 aliphatic heterocycles. The third-order valence-corrected chi connectivity index (χ3v) is 1.81. The summed E-state index contributed by atoms with van der Waals surface area (Å²) in [6.07, 6.45) is 1.95. The summed E-state index contributed by atoms with van der Waals surface area (Å²) in [6, 6.07) is 9.82. The molecule has 0 atom stereocenters. The third-order valence-electron chi connectivity index (χ3n) is 1.81. The van der Waals surface area contributed by atoms with Crippen molar-refractivity contribution in [2.45, 2.75) is 6.92 Å². The van der Waals surface area contributed by atoms with E-state index in [1.54, 1.807) is 0 Å². The van der Waals surface area contributed by atoms with Crippen LogP contribution in [0.5, 0.6) is 0 Å². The second-order valence-corrected chi connectivity index (χ2v) is 2.96. The summed E-state index contributed by atoms with van der Waals surface area (Å²) < 4.78 is 0. The van der Waals surface area contributed by atoms with Crippen LogP contribution in [0.2, 0.25) is 0 Å². The van der Waals surface area contributed by atoms with E-state index in [4.69, 9.17) is 0 Å². The Balaban J connectivity index is 0.000000167. The zero-order valence-corrected chi connectivity index (χ0v) is 8.66. The molecule has 0 bridgehead atoms. The van der Waals surface area contributed by atoms with Gasteiger partial charge in [0.1, 0.15) is 0 Å². The number of carbonyl (C=O) groups is 1. The second-order valence-electron chi connectivity index (χ2n) is 2.96. The Morgan fingerprint density at radius 2 is 2.13 bits per heavy atom. The van der Waals surface area contributed by atoms with E-state index >= 15 is 0 Å². The van der Waals surface area contributed by atoms with Gasteiger partial charge in [-0.1, -0.05) is 18.2 Å². The number of carbonyl (C=O) groups excluding carboxylic acids is 1. The molecular formula is C11H15N3O. The van der Waals surface area contributed by atoms with E-state index in [1.807, 2.05) is 25.3 Å². The number of aromatic nitrogens is 1. The van der Waals surface area contributed by atoms with Gasteiger partial charge in [-0.3, -0.25) is 0 Å². The Bertz CT molecular complexity index is 392. The Kier molecular flexibility index (Phi) is 4.22. The van der Waals surface area contributed by atoms with Crippen molar-refractivity contribution in [1.82, 2.24) is 10.3 Å². The van der Waals surface area contributed by atoms with E-state index in [0.29, 0.717) is 6.54 Å². The number of urea groups is 1. The molecule has 0 fully saturated rings. The number of fused-ring (bicyclic) bond motifs is 1. The van der Waals surface area contributed by atoms with Crippen molar-refractivity contribution in [3.63, 3.8) is 0 Å². The zero-order valence-electron chi connectivity index (χ0n) is 8.66. The fourth-order valence-corrected chi connectivity index (χ4v) is 1.17. The van der Waals surface area contributed by atoms with E-state index in [2.05, 4.69) is 34.2 Å². The molecular weight excluding hydrogens is 190 g/mol. The molecule has 4 N–H and O–H groups in total. The summed E-state index contributed by atoms with van der Waals surface area (Å²) in [5.74, 6) is 0. The van der Waals surface area contributed by atoms with E-state index in [1.165, 1.54) is 10.9 Å². The number of hydrogen-bond acceptors (Lipinski definition) is 1. The van der Waals surface area contributed by atoms with Crippen molar-refractivity contribution in [1.29, 1.82) is 0 Å². The largest absolute Gasteiger partial charge is 0.361 e. The summed E-state index contributed by atoms with van der Waals surface area (Å²) in [7, 11) is 0. The number of rotatable bonds is 1. The Hall–Kier alpha value is -1.97. The maximum absolute atomic E-state index is 9.71. The van der Waals surface area contributed by atoms with E-state index < -0.39 is 6.03 Å². The molecule has 2 aromatic rings. The van der Waals surface area contributed by atoms with Gasteiger partial charge in [0.05, 0.1) is 0 Å². The number of H-pyrrole nitrogens is 1. The van der Waals surface area contributed by atoms with Gasteiger partial charge in [0.25, 0.3) is 0 Å². The molecule has 4 nitrogen and oxygen atoms in total. The molecule has 0 saturated carbocycles. The van der Waals surface area contributed by atoms with Crippen molar-refractivity contribution < 1.29 is 4.79 Å². The first kappa shape index (κ1) is 11.1. The number of amides is 2. The number of hydrogen-bond donors (Lipinski definition) is 3. The molecule has 0 spiro atoms. The maximum Gasteiger partial charge on any atom is 0.312 e. The van der Waals surface area contributed by atoms with Gasteiger partial charge in [0, 0.05) is 18.3 Å². The van der Waals surface area contributed by atoms with Crippen LogP contribution in [-0.2, 0) is 0 Å². The van der Waals surface area contributed by atoms with E-state index in [0.717, 1.165) is 0 Å². The van der Waals surface area contributed by atoms with Crippen LogP contribution in [0.1, 0.15) is 6.92 Å². The fraction of sp³-hybridized carbons (Fsp3) is 0.182. The van der Waals surface area contributed by atoms with Crippen molar-refractivity contribution in [3.8, 4) is 0 Å². The predicted octanol–water partition coefficient (Wildman–Crippen LogP) is 1.84. The number of nitrogens with one attached hydrogen (secondary N) is 2. The molecule has 0 aliphatic rings. The number of aromatic amines is 1. The molecule has 4 heteroatoms. The van der Waals surface area contributed by atoms with Crippen LogP contribution in [0, 0.1) is 0 Å². The lowest BCUT2D eigenvalue weighted by molar-refractivity contribution is 0.249. The lowest BCUT2D eigenvalue weighted by Crippen LogP contribution is -2.28. The van der Waals surface area contributed by atoms with Crippen molar-refractivity contribution in [2.24, 2.45) is 5.73 Å². The van der Waals surface area contributed by atoms with Crippen LogP contribution in [0.4, 0.5) is 4.79 Å². The second kappa shape index (κ2) is 5.70. The minimum atomic E-state index is -0.461. The highest BCUT2D eigenvalue weighted by atomic mass is 16.2. The van der Waals surface area contributed by atoms with Crippen molar-refractivity contribution >= 4 is 16.9 Å². The molecule has 0 aliphatic carbocycles. The van der Waals surface area contributed by atoms with Gasteiger partial charge in [0.2, 0.25) is 0 Å². The Morgan fingerprint density at radius 1 is 1.40 bits per heavy atom. The summed E-state index contributed by atoms with van der Waals surface area (Å²) in [4.78, 5) is 12.8. The van der Waals surface area contributed by atoms with Gasteiger partial charge >= 0.3 is 6.03 Å². The highest BCUT2D eigenvalue weighted by Crippen LogP contribution is 2.09. The first-order valence-corrected chi connectivity index (χ1v) is 4.79. The van der Waals surface area contributed by atoms with Crippen LogP contribution in [0.3, 0.4) is 0 Å². The summed E-state index contributed by atoms with van der Waals surface area (Å²) in [5, 5.41) is 3.62. The topological polar surface area (TPSA) is 70.9 Å². The quantitative estimate of drug-likeness (QED) is 0.653. The molecule has 2 amide bonds. The fourth-order valence-electron chi connectivity index (χ4n) is 1.17. The SMILES string of the molecule is CCNC(N)=O.c1ccc2[nH]ccc2c1. The van der Waals surface area contributed by atoms with Crippen molar-refractivity contribution in [3.05, 3.63) is 36.5 Å². The number of benzene rings is 1. The van der Waals surface area contributed by atoms with Crippen LogP contribution in [0.15, 0.2) is 36.5 Å². The molecule has 0 radical (unpaired) electrons. The van der Waals surface area contributed by atoms with Gasteiger partial charge < -0.3 is 16.0 Å². The molecule has 15 heavy (non-hydrogen) atoms. The van der Waals surface area contributed by atoms with Gasteiger partial charge in [-0.25, -0.2) is 4.79 Å². The average Bonchev–Trinajstić information content (AvgIpc) is 2.65. The summed E-state index contributed by atoms with van der Waals surface area (Å²) in [6.45, 7) is 2.42. The first-order valence-electron chi connectivity index (χ1n) is 4.79.